The van der Waals surface area contributed by atoms with Crippen LogP contribution in [-0.4, -0.2) is 37.0 Å². The molecule has 0 atom stereocenters. The first kappa shape index (κ1) is 166. The zero-order valence-corrected chi connectivity index (χ0v) is 101. The summed E-state index contributed by atoms with van der Waals surface area (Å²) in [4.78, 5) is 21.3. The van der Waals surface area contributed by atoms with Gasteiger partial charge in [-0.1, -0.05) is 554 Å². The summed E-state index contributed by atoms with van der Waals surface area (Å²) in [5.74, 6) is 11.4. The van der Waals surface area contributed by atoms with Crippen LogP contribution in [0.15, 0.2) is 146 Å². The van der Waals surface area contributed by atoms with Crippen LogP contribution < -0.4 is 34.4 Å². The van der Waals surface area contributed by atoms with Crippen LogP contribution in [0.25, 0.3) is 0 Å². The molecule has 848 valence electrons. The van der Waals surface area contributed by atoms with Crippen LogP contribution in [0, 0.1) is 82.3 Å². The summed E-state index contributed by atoms with van der Waals surface area (Å²) in [5, 5.41) is 7.21. The first-order valence-corrected chi connectivity index (χ1v) is 57.2. The molecule has 13 N–H and O–H groups in total. The van der Waals surface area contributed by atoms with Crippen molar-refractivity contribution in [2.75, 3.05) is 19.6 Å². The summed E-state index contributed by atoms with van der Waals surface area (Å²) in [7, 11) is 0. The molecule has 0 bridgehead atoms. The minimum atomic E-state index is -0.185. The van der Waals surface area contributed by atoms with Crippen molar-refractivity contribution < 1.29 is 9.59 Å². The van der Waals surface area contributed by atoms with E-state index in [1.54, 1.807) is 6.92 Å². The molecule has 9 heteroatoms. The van der Waals surface area contributed by atoms with E-state index in [9.17, 15) is 9.59 Å². The fourth-order valence-corrected chi connectivity index (χ4v) is 13.4. The van der Waals surface area contributed by atoms with Crippen molar-refractivity contribution in [1.82, 2.24) is 0 Å². The molecule has 6 rings (SSSR count). The monoisotopic (exact) mass is 2010 g/mol. The predicted octanol–water partition coefficient (Wildman–Crippen LogP) is 40.9. The molecule has 0 aromatic heterocycles. The Balaban J connectivity index is -0.000000117. The van der Waals surface area contributed by atoms with Gasteiger partial charge in [0.25, 0.3) is 0 Å². The van der Waals surface area contributed by atoms with Crippen molar-refractivity contribution in [2.45, 2.75) is 537 Å². The van der Waals surface area contributed by atoms with E-state index in [1.165, 1.54) is 209 Å². The summed E-state index contributed by atoms with van der Waals surface area (Å²) in [6, 6.07) is 51.5. The molecular weight excluding hydrogens is 1750 g/mol. The van der Waals surface area contributed by atoms with Crippen molar-refractivity contribution in [3.8, 4) is 0 Å². The smallest absolute Gasteiger partial charge is 0.217 e. The number of rotatable bonds is 47. The molecule has 0 fully saturated rings. The van der Waals surface area contributed by atoms with Crippen molar-refractivity contribution in [1.29, 1.82) is 5.41 Å². The molecule has 0 unspecified atom stereocenters. The molecule has 144 heavy (non-hydrogen) atoms. The van der Waals surface area contributed by atoms with Gasteiger partial charge in [0.2, 0.25) is 5.91 Å². The highest BCUT2D eigenvalue weighted by Crippen LogP contribution is 2.21. The van der Waals surface area contributed by atoms with Gasteiger partial charge in [0.05, 0.1) is 0 Å². The van der Waals surface area contributed by atoms with Gasteiger partial charge in [-0.2, -0.15) is 0 Å². The second kappa shape index (κ2) is 119. The van der Waals surface area contributed by atoms with E-state index in [-0.39, 0.29) is 41.4 Å². The van der Waals surface area contributed by atoms with Crippen LogP contribution in [0.4, 0.5) is 0 Å². The number of Topliss-reactive ketones (excluding diaryl/α,β-unsaturated/α-hetero) is 1. The van der Waals surface area contributed by atoms with E-state index in [2.05, 4.69) is 378 Å². The number of aryl methyl sites for hydroxylation is 3. The average molecular weight is 2010 g/mol. The van der Waals surface area contributed by atoms with Gasteiger partial charge < -0.3 is 39.8 Å². The maximum absolute atomic E-state index is 11.1. The lowest BCUT2D eigenvalue weighted by molar-refractivity contribution is -0.118. The topological polar surface area (TPSA) is 214 Å². The summed E-state index contributed by atoms with van der Waals surface area (Å²) in [6.45, 7) is 89.4. The fraction of sp³-hybridized carbons (Fsp3) is 0.711. The zero-order chi connectivity index (χ0) is 109. The number of benzene rings is 6. The highest BCUT2D eigenvalue weighted by Gasteiger charge is 2.07. The number of nitrogens with one attached hydrogen (secondary N) is 1. The molecule has 0 saturated heterocycles. The number of hydrogen-bond acceptors (Lipinski definition) is 8. The van der Waals surface area contributed by atoms with Crippen LogP contribution in [0.3, 0.4) is 0 Å². The van der Waals surface area contributed by atoms with E-state index in [4.69, 9.17) is 39.8 Å². The van der Waals surface area contributed by atoms with Crippen LogP contribution in [0.1, 0.15) is 550 Å². The van der Waals surface area contributed by atoms with Crippen molar-refractivity contribution in [2.24, 2.45) is 111 Å². The second-order valence-corrected chi connectivity index (χ2v) is 45.2. The molecule has 0 radical (unpaired) electrons. The predicted molar refractivity (Wildman–Crippen MR) is 668 cm³/mol. The Morgan fingerprint density at radius 2 is 0.597 bits per heavy atom. The Morgan fingerprint density at radius 3 is 0.924 bits per heavy atom. The molecule has 1 amide bonds. The highest BCUT2D eigenvalue weighted by atomic mass is 16.1. The summed E-state index contributed by atoms with van der Waals surface area (Å²) < 4.78 is 0. The van der Waals surface area contributed by atoms with Crippen LogP contribution in [-0.2, 0) is 62.8 Å². The molecule has 0 saturated carbocycles. The standard InChI is InChI=1S/C12H16O.2C12H18.C11H17N.C11H16.C10H15N.C10H21N.C10H22.C9H20.C7H15NO.C7H17N.C7H16.C5H13N.C4H11N.C4H10.4CH4/c1-9(2)7-11-5-4-6-12(8-11)10(3)13;1-4-11-5-7-12(8-6-11)9-10(2)3;1-4-11-6-5-7-12(9-11)8-10(2)3;1-9(2)7-10-5-3-4-6-11(10)8-12;1-4-10-5-7-11(8-6-10)9(2)3;1-8(2)10-5-3-4-9(6-10)7-11;1-9(2)7-5-4-6-8-10(3)11;1-4-5-6-7-8-9-10(2)3;1-4-5-6-7-8-9(2)3;1-6(2)4-3-5-7(8)9;1-7(2)5-3-4-6-8;1-4-5-6-7(2)3;1-5(2)3-4-6;1-4(2)3-5;1-4(2)3;;;;/h4-6,8-9H,7H2,1-3H3;5-8,10H,4,9H2,1-3H3;5-7,9-10H,4,8H2,1-3H3;3-6,9H,7-8,12H2,1-2H3;5-9H,4H2,1-3H3;3-6,8H,7,11H2,1-2H3;9,11H,4-8H2,1-3H3;10H,4-9H2,1-3H3;9H,4-8H2,1-3H3;6H,3-5H2,1-2H3,(H2,8,9);7H,3-6,8H2,1-2H3;7H,4-6H2,1-3H3;5H,3-4,6H2,1-2H3;4H,3,5H2,1-2H3;4H,1-3H3;4*1H4. The summed E-state index contributed by atoms with van der Waals surface area (Å²) >= 11 is 0. The van der Waals surface area contributed by atoms with E-state index < -0.39 is 0 Å². The number of ketones is 1. The molecule has 0 heterocycles. The van der Waals surface area contributed by atoms with Gasteiger partial charge in [-0.3, -0.25) is 9.59 Å². The largest absolute Gasteiger partial charge is 0.370 e. The number of carbonyl (C=O) groups excluding carboxylic acids is 2. The first-order valence-electron chi connectivity index (χ1n) is 57.2. The molecule has 6 aromatic carbocycles. The average Bonchev–Trinajstić information content (AvgIpc) is 0.892. The van der Waals surface area contributed by atoms with Gasteiger partial charge in [0.15, 0.2) is 5.78 Å². The zero-order valence-electron chi connectivity index (χ0n) is 101. The SMILES string of the molecule is C.C.C.C.CC(=N)CCCCCC(C)C.CC(=O)c1cccc(CC(C)C)c1.CC(C)C.CC(C)CCCC(N)=O.CC(C)CCCCN.CC(C)CCN.CC(C)CN.CC(C)Cc1ccccc1CN.CC(C)c1cccc(CN)c1.CCCCC(C)C.CCCCCCC(C)C.CCCCCCCC(C)C.CCc1ccc(C(C)C)cc1.CCc1ccc(CC(C)C)cc1.CCc1cccc(CC(C)C)c1. The molecule has 0 aliphatic heterocycles. The third-order valence-electron chi connectivity index (χ3n) is 22.1. The summed E-state index contributed by atoms with van der Waals surface area (Å²) in [5.41, 5.74) is 48.6. The molecule has 0 spiro atoms. The molecule has 0 aliphatic carbocycles. The normalized spacial score (nSPS) is 10.2. The first-order chi connectivity index (χ1) is 65.8. The third kappa shape index (κ3) is 138. The molecule has 0 aliphatic rings. The Bertz CT molecular complexity index is 3520. The number of hydrogen-bond donors (Lipinski definition) is 7. The van der Waals surface area contributed by atoms with Crippen LogP contribution in [0.5, 0.6) is 0 Å². The van der Waals surface area contributed by atoms with E-state index in [0.29, 0.717) is 55.0 Å². The van der Waals surface area contributed by atoms with E-state index in [0.717, 1.165) is 142 Å². The Hall–Kier alpha value is -6.07. The van der Waals surface area contributed by atoms with Gasteiger partial charge in [-0.25, -0.2) is 0 Å². The maximum Gasteiger partial charge on any atom is 0.217 e. The number of carbonyl (C=O) groups is 2. The van der Waals surface area contributed by atoms with E-state index >= 15 is 0 Å². The lowest BCUT2D eigenvalue weighted by atomic mass is 9.98. The lowest BCUT2D eigenvalue weighted by Crippen LogP contribution is -2.09. The Kier molecular flexibility index (Phi) is 137. The van der Waals surface area contributed by atoms with E-state index in [1.807, 2.05) is 31.2 Å². The molecule has 9 nitrogen and oxygen atoms in total. The molecular formula is C135H261N7O2. The third-order valence-corrected chi connectivity index (χ3v) is 22.1. The van der Waals surface area contributed by atoms with Crippen LogP contribution >= 0.6 is 0 Å². The molecule has 6 aromatic rings. The number of nitrogens with two attached hydrogens (primary N) is 6. The van der Waals surface area contributed by atoms with Gasteiger partial charge in [-0.05, 0) is 267 Å². The maximum atomic E-state index is 11.1. The number of unbranched alkanes of at least 4 members (excludes halogenated alkanes) is 11. The van der Waals surface area contributed by atoms with Gasteiger partial charge in [-0.15, -0.1) is 0 Å². The van der Waals surface area contributed by atoms with Gasteiger partial charge in [0.1, 0.15) is 0 Å². The fourth-order valence-electron chi connectivity index (χ4n) is 13.4. The lowest BCUT2D eigenvalue weighted by Gasteiger charge is -2.09. The van der Waals surface area contributed by atoms with Crippen LogP contribution in [0.2, 0.25) is 0 Å². The second-order valence-electron chi connectivity index (χ2n) is 45.2. The van der Waals surface area contributed by atoms with Gasteiger partial charge >= 0.3 is 0 Å². The summed E-state index contributed by atoms with van der Waals surface area (Å²) in [6.07, 6.45) is 41.5. The minimum absolute atomic E-state index is 0. The Labute approximate surface area is 906 Å². The Morgan fingerprint density at radius 1 is 0.271 bits per heavy atom. The van der Waals surface area contributed by atoms with Gasteiger partial charge in [0, 0.05) is 30.8 Å². The minimum Gasteiger partial charge on any atom is -0.370 e. The quantitative estimate of drug-likeness (QED) is 0.0111. The highest BCUT2D eigenvalue weighted by molar-refractivity contribution is 5.94. The van der Waals surface area contributed by atoms with Crippen molar-refractivity contribution in [3.63, 3.8) is 0 Å². The number of primary amides is 1. The van der Waals surface area contributed by atoms with Crippen molar-refractivity contribution >= 4 is 17.4 Å². The number of amides is 1. The van der Waals surface area contributed by atoms with Crippen molar-refractivity contribution in [3.05, 3.63) is 212 Å².